The van der Waals surface area contributed by atoms with Gasteiger partial charge in [-0.2, -0.15) is 20.7 Å². The van der Waals surface area contributed by atoms with Crippen LogP contribution in [0, 0.1) is 29.6 Å². The Kier molecular flexibility index (Phi) is 5.40. The number of nitrogens with zero attached hydrogens (tertiary/aromatic N) is 6. The molecule has 1 fully saturated rings. The van der Waals surface area contributed by atoms with Crippen LogP contribution in [0.1, 0.15) is 35.7 Å². The smallest absolute Gasteiger partial charge is 0.103 e. The zero-order chi connectivity index (χ0) is 22.1. The molecule has 1 aliphatic rings. The van der Waals surface area contributed by atoms with Crippen molar-refractivity contribution in [3.05, 3.63) is 65.7 Å². The molecule has 158 valence electrons. The molecule has 1 saturated heterocycles. The first-order valence-electron chi connectivity index (χ1n) is 10.5. The fourth-order valence-corrected chi connectivity index (χ4v) is 5.37. The number of pyridine rings is 1. The van der Waals surface area contributed by atoms with Gasteiger partial charge in [0.2, 0.25) is 0 Å². The van der Waals surface area contributed by atoms with Gasteiger partial charge in [-0.05, 0) is 44.5 Å². The highest BCUT2D eigenvalue weighted by atomic mass is 32.2. The Morgan fingerprint density at radius 2 is 1.94 bits per heavy atom. The number of fused-ring (bicyclic) bond motifs is 1. The average Bonchev–Trinajstić information content (AvgIpc) is 3.43. The van der Waals surface area contributed by atoms with Crippen molar-refractivity contribution >= 4 is 17.3 Å². The highest BCUT2D eigenvalue weighted by Crippen LogP contribution is 2.38. The van der Waals surface area contributed by atoms with E-state index >= 15 is 0 Å². The van der Waals surface area contributed by atoms with Gasteiger partial charge in [0.05, 0.1) is 35.1 Å². The van der Waals surface area contributed by atoms with Gasteiger partial charge < -0.3 is 5.32 Å². The molecule has 0 spiro atoms. The van der Waals surface area contributed by atoms with Crippen molar-refractivity contribution in [2.75, 3.05) is 13.1 Å². The topological polar surface area (TPSA) is 94.7 Å². The van der Waals surface area contributed by atoms with Crippen LogP contribution in [0.15, 0.2) is 58.7 Å². The molecule has 8 heteroatoms. The summed E-state index contributed by atoms with van der Waals surface area (Å²) in [4.78, 5) is 1.73. The maximum Gasteiger partial charge on any atom is 0.103 e. The van der Waals surface area contributed by atoms with Crippen LogP contribution < -0.4 is 5.32 Å². The van der Waals surface area contributed by atoms with E-state index in [-0.39, 0.29) is 0 Å². The van der Waals surface area contributed by atoms with E-state index in [0.717, 1.165) is 58.1 Å². The highest BCUT2D eigenvalue weighted by molar-refractivity contribution is 7.99. The summed E-state index contributed by atoms with van der Waals surface area (Å²) < 4.78 is 3.87. The predicted octanol–water partition coefficient (Wildman–Crippen LogP) is 4.33. The van der Waals surface area contributed by atoms with E-state index < -0.39 is 0 Å². The lowest BCUT2D eigenvalue weighted by atomic mass is 10.1. The summed E-state index contributed by atoms with van der Waals surface area (Å²) in [6.45, 7) is 4.09. The van der Waals surface area contributed by atoms with Crippen molar-refractivity contribution < 1.29 is 0 Å². The molecule has 5 rings (SSSR count). The van der Waals surface area contributed by atoms with Crippen molar-refractivity contribution in [1.29, 1.82) is 10.5 Å². The normalized spacial score (nSPS) is 16.0. The number of nitrogens with one attached hydrogen (secondary N) is 1. The van der Waals surface area contributed by atoms with Crippen molar-refractivity contribution in [2.45, 2.75) is 35.6 Å². The molecule has 0 unspecified atom stereocenters. The monoisotopic (exact) mass is 439 g/mol. The van der Waals surface area contributed by atoms with E-state index in [0.29, 0.717) is 17.2 Å². The molecule has 1 N–H and O–H groups in total. The summed E-state index contributed by atoms with van der Waals surface area (Å²) in [5, 5.41) is 31.7. The number of benzene rings is 1. The van der Waals surface area contributed by atoms with Gasteiger partial charge in [-0.3, -0.25) is 4.68 Å². The average molecular weight is 440 g/mol. The van der Waals surface area contributed by atoms with Crippen molar-refractivity contribution in [1.82, 2.24) is 24.7 Å². The van der Waals surface area contributed by atoms with E-state index in [9.17, 15) is 10.5 Å². The Hall–Kier alpha value is -3.59. The second-order valence-electron chi connectivity index (χ2n) is 7.85. The molecule has 0 aliphatic carbocycles. The summed E-state index contributed by atoms with van der Waals surface area (Å²) in [6, 6.07) is 14.4. The Labute approximate surface area is 190 Å². The molecule has 0 saturated carbocycles. The number of rotatable bonds is 4. The van der Waals surface area contributed by atoms with Gasteiger partial charge in [0.1, 0.15) is 12.1 Å². The molecule has 1 aromatic carbocycles. The first kappa shape index (κ1) is 20.3. The van der Waals surface area contributed by atoms with E-state index in [1.807, 2.05) is 30.6 Å². The summed E-state index contributed by atoms with van der Waals surface area (Å²) >= 11 is 1.48. The second kappa shape index (κ2) is 8.51. The van der Waals surface area contributed by atoms with Crippen LogP contribution in [0.3, 0.4) is 0 Å². The van der Waals surface area contributed by atoms with Crippen LogP contribution in [0.4, 0.5) is 0 Å². The fraction of sp³-hybridized carbons (Fsp3) is 0.250. The lowest BCUT2D eigenvalue weighted by molar-refractivity contribution is 0.342. The number of aromatic nitrogens is 4. The summed E-state index contributed by atoms with van der Waals surface area (Å²) in [6.07, 6.45) is 7.71. The summed E-state index contributed by atoms with van der Waals surface area (Å²) in [5.41, 5.74) is 4.99. The van der Waals surface area contributed by atoms with Gasteiger partial charge in [0.25, 0.3) is 0 Å². The minimum Gasteiger partial charge on any atom is -0.315 e. The van der Waals surface area contributed by atoms with Gasteiger partial charge in [0.15, 0.2) is 0 Å². The summed E-state index contributed by atoms with van der Waals surface area (Å²) in [5.74, 6) is 0. The summed E-state index contributed by atoms with van der Waals surface area (Å²) in [7, 11) is 0. The van der Waals surface area contributed by atoms with Gasteiger partial charge in [-0.1, -0.05) is 23.9 Å². The lowest BCUT2D eigenvalue weighted by Gasteiger charge is -2.24. The first-order valence-corrected chi connectivity index (χ1v) is 11.3. The Morgan fingerprint density at radius 3 is 2.72 bits per heavy atom. The molecule has 0 bridgehead atoms. The van der Waals surface area contributed by atoms with Gasteiger partial charge >= 0.3 is 0 Å². The minimum absolute atomic E-state index is 0.354. The van der Waals surface area contributed by atoms with Crippen LogP contribution in [-0.2, 0) is 0 Å². The zero-order valence-corrected chi connectivity index (χ0v) is 18.4. The third kappa shape index (κ3) is 3.54. The molecule has 0 radical (unpaired) electrons. The van der Waals surface area contributed by atoms with Crippen molar-refractivity contribution in [3.8, 4) is 23.3 Å². The van der Waals surface area contributed by atoms with E-state index in [1.165, 1.54) is 11.8 Å². The molecule has 1 aliphatic heterocycles. The molecule has 0 amide bonds. The third-order valence-corrected chi connectivity index (χ3v) is 7.00. The van der Waals surface area contributed by atoms with Crippen LogP contribution in [0.25, 0.3) is 16.6 Å². The molecule has 4 heterocycles. The molecule has 7 nitrogen and oxygen atoms in total. The van der Waals surface area contributed by atoms with Crippen LogP contribution in [-0.4, -0.2) is 32.5 Å². The zero-order valence-electron chi connectivity index (χ0n) is 17.6. The molecule has 32 heavy (non-hydrogen) atoms. The van der Waals surface area contributed by atoms with E-state index in [2.05, 4.69) is 40.2 Å². The molecule has 1 atom stereocenters. The molecule has 3 aromatic heterocycles. The number of hydrogen-bond donors (Lipinski definition) is 1. The van der Waals surface area contributed by atoms with Crippen molar-refractivity contribution in [3.63, 3.8) is 0 Å². The van der Waals surface area contributed by atoms with Gasteiger partial charge in [-0.25, -0.2) is 4.52 Å². The standard InChI is InChI=1S/C24H21N7S/c1-16-21(14-29-31(16)20-6-4-8-27-13-20)18-9-23(24-19(11-26)12-28-30(24)15-18)32-22-7-3-2-5-17(22)10-25/h2-3,5,7,9,12,14-15,20,27H,4,6,8,13H2,1H3/t20-/m0/s1. The Bertz CT molecular complexity index is 1380. The quantitative estimate of drug-likeness (QED) is 0.509. The van der Waals surface area contributed by atoms with Crippen LogP contribution >= 0.6 is 11.8 Å². The van der Waals surface area contributed by atoms with E-state index in [4.69, 9.17) is 5.10 Å². The predicted molar refractivity (Wildman–Crippen MR) is 122 cm³/mol. The molecule has 4 aromatic rings. The number of hydrogen-bond acceptors (Lipinski definition) is 6. The number of nitriles is 2. The molecular weight excluding hydrogens is 418 g/mol. The van der Waals surface area contributed by atoms with Crippen molar-refractivity contribution in [2.24, 2.45) is 0 Å². The maximum absolute atomic E-state index is 9.61. The Balaban J connectivity index is 1.62. The van der Waals surface area contributed by atoms with Gasteiger partial charge in [-0.15, -0.1) is 0 Å². The first-order chi connectivity index (χ1) is 15.7. The molecular formula is C24H21N7S. The Morgan fingerprint density at radius 1 is 1.09 bits per heavy atom. The number of piperidine rings is 1. The minimum atomic E-state index is 0.354. The third-order valence-electron chi connectivity index (χ3n) is 5.90. The van der Waals surface area contributed by atoms with Crippen LogP contribution in [0.5, 0.6) is 0 Å². The largest absolute Gasteiger partial charge is 0.315 e. The fourth-order valence-electron chi connectivity index (χ4n) is 4.27. The van der Waals surface area contributed by atoms with E-state index in [1.54, 1.807) is 16.8 Å². The SMILES string of the molecule is Cc1c(-c2cc(Sc3ccccc3C#N)c3c(C#N)cnn3c2)cnn1[C@H]1CCCNC1. The highest BCUT2D eigenvalue weighted by Gasteiger charge is 2.21. The second-order valence-corrected chi connectivity index (χ2v) is 8.94. The van der Waals surface area contributed by atoms with Crippen LogP contribution in [0.2, 0.25) is 0 Å². The maximum atomic E-state index is 9.61. The lowest BCUT2D eigenvalue weighted by Crippen LogP contribution is -2.32. The van der Waals surface area contributed by atoms with Gasteiger partial charge in [0, 0.05) is 39.4 Å².